The van der Waals surface area contributed by atoms with E-state index in [0.717, 1.165) is 30.3 Å². The average molecular weight is 354 g/mol. The Bertz CT molecular complexity index is 743. The zero-order chi connectivity index (χ0) is 18.5. The van der Waals surface area contributed by atoms with E-state index in [1.54, 1.807) is 7.11 Å². The van der Waals surface area contributed by atoms with Crippen molar-refractivity contribution in [1.82, 2.24) is 4.90 Å². The van der Waals surface area contributed by atoms with Gasteiger partial charge in [0.2, 0.25) is 5.91 Å². The number of carbonyl (C=O) groups is 1. The largest absolute Gasteiger partial charge is 0.497 e. The van der Waals surface area contributed by atoms with Crippen LogP contribution < -0.4 is 14.4 Å². The third-order valence-electron chi connectivity index (χ3n) is 4.37. The second kappa shape index (κ2) is 8.23. The summed E-state index contributed by atoms with van der Waals surface area (Å²) < 4.78 is 10.9. The van der Waals surface area contributed by atoms with Crippen molar-refractivity contribution < 1.29 is 14.3 Å². The standard InChI is InChI=1S/C21H26N2O3/c1-16(2)26-19-9-7-17(8-10-19)14-22-11-12-23(21(24)15-22)18-5-4-6-20(13-18)25-3/h4-10,13,16H,11-12,14-15H2,1-3H3. The maximum atomic E-state index is 12.6. The molecule has 1 aliphatic heterocycles. The first-order chi connectivity index (χ1) is 12.5. The number of methoxy groups -OCH3 is 1. The Labute approximate surface area is 155 Å². The van der Waals surface area contributed by atoms with Gasteiger partial charge in [0.05, 0.1) is 19.8 Å². The van der Waals surface area contributed by atoms with Crippen molar-refractivity contribution in [2.45, 2.75) is 26.5 Å². The van der Waals surface area contributed by atoms with Crippen molar-refractivity contribution in [3.8, 4) is 11.5 Å². The highest BCUT2D eigenvalue weighted by Gasteiger charge is 2.25. The summed E-state index contributed by atoms with van der Waals surface area (Å²) in [5, 5.41) is 0. The Hall–Kier alpha value is -2.53. The Morgan fingerprint density at radius 2 is 1.81 bits per heavy atom. The first-order valence-corrected chi connectivity index (χ1v) is 8.97. The minimum Gasteiger partial charge on any atom is -0.497 e. The van der Waals surface area contributed by atoms with E-state index in [1.165, 1.54) is 5.56 Å². The smallest absolute Gasteiger partial charge is 0.241 e. The maximum Gasteiger partial charge on any atom is 0.241 e. The highest BCUT2D eigenvalue weighted by molar-refractivity contribution is 5.95. The van der Waals surface area contributed by atoms with Crippen LogP contribution in [-0.4, -0.2) is 43.7 Å². The fourth-order valence-electron chi connectivity index (χ4n) is 3.11. The van der Waals surface area contributed by atoms with Crippen LogP contribution in [0.15, 0.2) is 48.5 Å². The molecule has 1 heterocycles. The molecule has 1 amide bonds. The van der Waals surface area contributed by atoms with Gasteiger partial charge in [-0.05, 0) is 43.7 Å². The summed E-state index contributed by atoms with van der Waals surface area (Å²) in [6.45, 7) is 6.73. The third kappa shape index (κ3) is 4.55. The van der Waals surface area contributed by atoms with Crippen LogP contribution in [0.5, 0.6) is 11.5 Å². The maximum absolute atomic E-state index is 12.6. The molecule has 0 unspecified atom stereocenters. The molecule has 2 aromatic carbocycles. The van der Waals surface area contributed by atoms with Gasteiger partial charge in [0.1, 0.15) is 11.5 Å². The van der Waals surface area contributed by atoms with E-state index < -0.39 is 0 Å². The van der Waals surface area contributed by atoms with Gasteiger partial charge in [0.25, 0.3) is 0 Å². The van der Waals surface area contributed by atoms with E-state index in [4.69, 9.17) is 9.47 Å². The second-order valence-corrected chi connectivity index (χ2v) is 6.77. The van der Waals surface area contributed by atoms with Gasteiger partial charge in [-0.25, -0.2) is 0 Å². The molecule has 26 heavy (non-hydrogen) atoms. The number of piperazine rings is 1. The molecule has 1 aliphatic rings. The van der Waals surface area contributed by atoms with Crippen molar-refractivity contribution in [3.63, 3.8) is 0 Å². The molecule has 0 bridgehead atoms. The van der Waals surface area contributed by atoms with E-state index in [2.05, 4.69) is 17.0 Å². The number of hydrogen-bond acceptors (Lipinski definition) is 4. The molecule has 0 saturated carbocycles. The Balaban J connectivity index is 1.59. The fraction of sp³-hybridized carbons (Fsp3) is 0.381. The summed E-state index contributed by atoms with van der Waals surface area (Å²) >= 11 is 0. The van der Waals surface area contributed by atoms with Gasteiger partial charge in [0.15, 0.2) is 0 Å². The van der Waals surface area contributed by atoms with Crippen molar-refractivity contribution in [1.29, 1.82) is 0 Å². The van der Waals surface area contributed by atoms with Crippen molar-refractivity contribution in [2.75, 3.05) is 31.6 Å². The van der Waals surface area contributed by atoms with E-state index in [-0.39, 0.29) is 12.0 Å². The highest BCUT2D eigenvalue weighted by atomic mass is 16.5. The first kappa shape index (κ1) is 18.3. The van der Waals surface area contributed by atoms with Gasteiger partial charge >= 0.3 is 0 Å². The van der Waals surface area contributed by atoms with Crippen LogP contribution in [0.25, 0.3) is 0 Å². The zero-order valence-corrected chi connectivity index (χ0v) is 15.6. The number of nitrogens with zero attached hydrogens (tertiary/aromatic N) is 2. The molecular formula is C21H26N2O3. The molecule has 1 saturated heterocycles. The van der Waals surface area contributed by atoms with Crippen molar-refractivity contribution >= 4 is 11.6 Å². The second-order valence-electron chi connectivity index (χ2n) is 6.77. The van der Waals surface area contributed by atoms with Gasteiger partial charge in [0, 0.05) is 31.4 Å². The summed E-state index contributed by atoms with van der Waals surface area (Å²) in [7, 11) is 1.64. The Kier molecular flexibility index (Phi) is 5.78. The van der Waals surface area contributed by atoms with Crippen LogP contribution in [0.2, 0.25) is 0 Å². The molecule has 138 valence electrons. The van der Waals surface area contributed by atoms with E-state index in [1.807, 2.05) is 55.1 Å². The van der Waals surface area contributed by atoms with Crippen LogP contribution in [0, 0.1) is 0 Å². The summed E-state index contributed by atoms with van der Waals surface area (Å²) in [5.41, 5.74) is 2.08. The molecule has 0 N–H and O–H groups in total. The topological polar surface area (TPSA) is 42.0 Å². The van der Waals surface area contributed by atoms with E-state index in [9.17, 15) is 4.79 Å². The lowest BCUT2D eigenvalue weighted by Crippen LogP contribution is -2.50. The predicted octanol–water partition coefficient (Wildman–Crippen LogP) is 3.33. The average Bonchev–Trinajstić information content (AvgIpc) is 2.63. The van der Waals surface area contributed by atoms with Crippen LogP contribution >= 0.6 is 0 Å². The molecule has 0 radical (unpaired) electrons. The molecular weight excluding hydrogens is 328 g/mol. The molecule has 0 aliphatic carbocycles. The Morgan fingerprint density at radius 1 is 1.04 bits per heavy atom. The first-order valence-electron chi connectivity index (χ1n) is 8.97. The lowest BCUT2D eigenvalue weighted by Gasteiger charge is -2.34. The van der Waals surface area contributed by atoms with Gasteiger partial charge in [-0.15, -0.1) is 0 Å². The normalized spacial score (nSPS) is 15.4. The van der Waals surface area contributed by atoms with E-state index >= 15 is 0 Å². The van der Waals surface area contributed by atoms with Crippen molar-refractivity contribution in [3.05, 3.63) is 54.1 Å². The van der Waals surface area contributed by atoms with Crippen LogP contribution in [0.4, 0.5) is 5.69 Å². The number of rotatable bonds is 6. The van der Waals surface area contributed by atoms with Gasteiger partial charge in [-0.3, -0.25) is 9.69 Å². The number of amides is 1. The minimum atomic E-state index is 0.115. The lowest BCUT2D eigenvalue weighted by molar-refractivity contribution is -0.121. The van der Waals surface area contributed by atoms with Crippen molar-refractivity contribution in [2.24, 2.45) is 0 Å². The Morgan fingerprint density at radius 3 is 2.46 bits per heavy atom. The van der Waals surface area contributed by atoms with E-state index in [0.29, 0.717) is 13.1 Å². The number of benzene rings is 2. The summed E-state index contributed by atoms with van der Waals surface area (Å²) in [4.78, 5) is 16.6. The summed E-state index contributed by atoms with van der Waals surface area (Å²) in [5.74, 6) is 1.76. The van der Waals surface area contributed by atoms with Gasteiger partial charge in [-0.1, -0.05) is 18.2 Å². The SMILES string of the molecule is COc1cccc(N2CCN(Cc3ccc(OC(C)C)cc3)CC2=O)c1. The van der Waals surface area contributed by atoms with Crippen LogP contribution in [0.1, 0.15) is 19.4 Å². The number of anilines is 1. The number of carbonyl (C=O) groups excluding carboxylic acids is 1. The van der Waals surface area contributed by atoms with Gasteiger partial charge in [-0.2, -0.15) is 0 Å². The molecule has 5 nitrogen and oxygen atoms in total. The lowest BCUT2D eigenvalue weighted by atomic mass is 10.1. The third-order valence-corrected chi connectivity index (χ3v) is 4.37. The quantitative estimate of drug-likeness (QED) is 0.798. The molecule has 0 aromatic heterocycles. The monoisotopic (exact) mass is 354 g/mol. The number of ether oxygens (including phenoxy) is 2. The summed E-state index contributed by atoms with van der Waals surface area (Å²) in [6, 6.07) is 15.8. The van der Waals surface area contributed by atoms with Gasteiger partial charge < -0.3 is 14.4 Å². The molecule has 5 heteroatoms. The minimum absolute atomic E-state index is 0.115. The predicted molar refractivity (Wildman–Crippen MR) is 103 cm³/mol. The molecule has 0 atom stereocenters. The summed E-state index contributed by atoms with van der Waals surface area (Å²) in [6.07, 6.45) is 0.170. The highest BCUT2D eigenvalue weighted by Crippen LogP contribution is 2.23. The number of hydrogen-bond donors (Lipinski definition) is 0. The van der Waals surface area contributed by atoms with Crippen LogP contribution in [-0.2, 0) is 11.3 Å². The zero-order valence-electron chi connectivity index (χ0n) is 15.6. The fourth-order valence-corrected chi connectivity index (χ4v) is 3.11. The molecule has 3 rings (SSSR count). The molecule has 1 fully saturated rings. The van der Waals surface area contributed by atoms with Crippen LogP contribution in [0.3, 0.4) is 0 Å². The molecule has 0 spiro atoms. The molecule has 2 aromatic rings.